The van der Waals surface area contributed by atoms with Gasteiger partial charge in [0, 0.05) is 11.5 Å². The number of carbonyl (C=O) groups is 1. The van der Waals surface area contributed by atoms with E-state index in [1.807, 2.05) is 24.3 Å². The van der Waals surface area contributed by atoms with Crippen molar-refractivity contribution in [3.05, 3.63) is 65.2 Å². The second-order valence-corrected chi connectivity index (χ2v) is 7.57. The minimum Gasteiger partial charge on any atom is -0.493 e. The first-order chi connectivity index (χ1) is 14.2. The highest BCUT2D eigenvalue weighted by Crippen LogP contribution is 2.47. The summed E-state index contributed by atoms with van der Waals surface area (Å²) in [6.45, 7) is 0.538. The molecule has 1 fully saturated rings. The Morgan fingerprint density at radius 1 is 1.14 bits per heavy atom. The average molecular weight is 393 g/mol. The van der Waals surface area contributed by atoms with Gasteiger partial charge in [-0.05, 0) is 42.4 Å². The third kappa shape index (κ3) is 3.95. The van der Waals surface area contributed by atoms with Crippen LogP contribution in [-0.2, 0) is 11.2 Å². The summed E-state index contributed by atoms with van der Waals surface area (Å²) in [6, 6.07) is 14.4. The van der Waals surface area contributed by atoms with E-state index in [4.69, 9.17) is 14.2 Å². The maximum absolute atomic E-state index is 11.7. The summed E-state index contributed by atoms with van der Waals surface area (Å²) in [5, 5.41) is 2.82. The first kappa shape index (κ1) is 19.4. The van der Waals surface area contributed by atoms with E-state index < -0.39 is 0 Å². The molecule has 2 aliphatic rings. The highest BCUT2D eigenvalue weighted by Gasteiger charge is 2.41. The maximum atomic E-state index is 11.7. The minimum atomic E-state index is -0.332. The molecule has 2 aromatic carbocycles. The third-order valence-electron chi connectivity index (χ3n) is 5.97. The predicted octanol–water partition coefficient (Wildman–Crippen LogP) is 4.56. The Balaban J connectivity index is 1.64. The van der Waals surface area contributed by atoms with Crippen LogP contribution in [-0.4, -0.2) is 33.0 Å². The number of hydrogen-bond acceptors (Lipinski definition) is 4. The predicted molar refractivity (Wildman–Crippen MR) is 112 cm³/mol. The first-order valence-corrected chi connectivity index (χ1v) is 10.1. The van der Waals surface area contributed by atoms with E-state index in [2.05, 4.69) is 35.7 Å². The van der Waals surface area contributed by atoms with Gasteiger partial charge in [-0.25, -0.2) is 4.79 Å². The summed E-state index contributed by atoms with van der Waals surface area (Å²) in [5.41, 5.74) is 3.57. The van der Waals surface area contributed by atoms with Gasteiger partial charge in [-0.3, -0.25) is 0 Å². The summed E-state index contributed by atoms with van der Waals surface area (Å²) in [5.74, 6) is 2.05. The molecule has 0 saturated carbocycles. The van der Waals surface area contributed by atoms with Gasteiger partial charge in [0.25, 0.3) is 0 Å². The molecular weight excluding hydrogens is 366 g/mol. The Morgan fingerprint density at radius 2 is 1.97 bits per heavy atom. The van der Waals surface area contributed by atoms with Gasteiger partial charge in [-0.15, -0.1) is 0 Å². The second kappa shape index (κ2) is 8.60. The monoisotopic (exact) mass is 393 g/mol. The summed E-state index contributed by atoms with van der Waals surface area (Å²) < 4.78 is 16.8. The fraction of sp³-hybridized carbons (Fsp3) is 0.375. The molecule has 4 rings (SSSR count). The summed E-state index contributed by atoms with van der Waals surface area (Å²) in [4.78, 5) is 11.7. The number of carbonyl (C=O) groups excluding carboxylic acids is 1. The third-order valence-corrected chi connectivity index (χ3v) is 5.97. The van der Waals surface area contributed by atoms with Crippen LogP contribution >= 0.6 is 0 Å². The average Bonchev–Trinajstić information content (AvgIpc) is 3.19. The van der Waals surface area contributed by atoms with E-state index in [9.17, 15) is 4.79 Å². The number of methoxy groups -OCH3 is 2. The van der Waals surface area contributed by atoms with Gasteiger partial charge in [0.2, 0.25) is 0 Å². The molecule has 2 aromatic rings. The van der Waals surface area contributed by atoms with Crippen molar-refractivity contribution in [2.75, 3.05) is 20.8 Å². The van der Waals surface area contributed by atoms with Crippen LogP contribution in [0.25, 0.3) is 6.08 Å². The van der Waals surface area contributed by atoms with Crippen LogP contribution < -0.4 is 14.8 Å². The fourth-order valence-corrected chi connectivity index (χ4v) is 4.66. The highest BCUT2D eigenvalue weighted by molar-refractivity contribution is 5.69. The van der Waals surface area contributed by atoms with Crippen LogP contribution in [0, 0.1) is 5.92 Å². The number of fused-ring (bicyclic) bond motifs is 1. The topological polar surface area (TPSA) is 56.8 Å². The van der Waals surface area contributed by atoms with E-state index >= 15 is 0 Å². The summed E-state index contributed by atoms with van der Waals surface area (Å²) in [7, 11) is 3.34. The molecule has 0 radical (unpaired) electrons. The molecule has 3 unspecified atom stereocenters. The van der Waals surface area contributed by atoms with E-state index in [1.54, 1.807) is 14.2 Å². The highest BCUT2D eigenvalue weighted by atomic mass is 16.6. The van der Waals surface area contributed by atoms with E-state index in [1.165, 1.54) is 16.7 Å². The van der Waals surface area contributed by atoms with Crippen LogP contribution in [0.3, 0.4) is 0 Å². The van der Waals surface area contributed by atoms with E-state index in [0.29, 0.717) is 12.5 Å². The Morgan fingerprint density at radius 3 is 2.66 bits per heavy atom. The molecule has 1 aliphatic heterocycles. The molecule has 0 aromatic heterocycles. The number of amides is 1. The lowest BCUT2D eigenvalue weighted by molar-refractivity contribution is 0.104. The van der Waals surface area contributed by atoms with Gasteiger partial charge in [0.15, 0.2) is 11.5 Å². The van der Waals surface area contributed by atoms with Crippen molar-refractivity contribution in [2.24, 2.45) is 5.92 Å². The molecule has 1 aliphatic carbocycles. The number of ether oxygens (including phenoxy) is 3. The van der Waals surface area contributed by atoms with Crippen LogP contribution in [0.2, 0.25) is 0 Å². The number of alkyl carbamates (subject to hydrolysis) is 1. The molecule has 152 valence electrons. The Bertz CT molecular complexity index is 893. The number of benzene rings is 2. The van der Waals surface area contributed by atoms with Crippen LogP contribution in [0.15, 0.2) is 48.5 Å². The van der Waals surface area contributed by atoms with Crippen molar-refractivity contribution in [3.63, 3.8) is 0 Å². The SMILES string of the molecule is COc1ccc2c(c1OC)CCC(CC=Cc1ccccc1)C2C1CNC(=O)O1. The van der Waals surface area contributed by atoms with Crippen molar-refractivity contribution >= 4 is 12.2 Å². The summed E-state index contributed by atoms with van der Waals surface area (Å²) in [6.07, 6.45) is 6.76. The van der Waals surface area contributed by atoms with Gasteiger partial charge < -0.3 is 19.5 Å². The smallest absolute Gasteiger partial charge is 0.407 e. The number of allylic oxidation sites excluding steroid dienone is 1. The molecule has 29 heavy (non-hydrogen) atoms. The van der Waals surface area contributed by atoms with Crippen molar-refractivity contribution in [1.29, 1.82) is 0 Å². The lowest BCUT2D eigenvalue weighted by Crippen LogP contribution is -2.33. The second-order valence-electron chi connectivity index (χ2n) is 7.57. The molecule has 0 spiro atoms. The molecule has 1 N–H and O–H groups in total. The molecule has 1 saturated heterocycles. The Hall–Kier alpha value is -2.95. The summed E-state index contributed by atoms with van der Waals surface area (Å²) >= 11 is 0. The van der Waals surface area contributed by atoms with Crippen molar-refractivity contribution in [3.8, 4) is 11.5 Å². The number of hydrogen-bond donors (Lipinski definition) is 1. The lowest BCUT2D eigenvalue weighted by Gasteiger charge is -2.36. The normalized spacial score (nSPS) is 23.4. The van der Waals surface area contributed by atoms with Gasteiger partial charge in [0.05, 0.1) is 20.8 Å². The quantitative estimate of drug-likeness (QED) is 0.782. The zero-order valence-corrected chi connectivity index (χ0v) is 16.9. The largest absolute Gasteiger partial charge is 0.493 e. The van der Waals surface area contributed by atoms with Crippen molar-refractivity contribution in [1.82, 2.24) is 5.32 Å². The molecule has 3 atom stereocenters. The van der Waals surface area contributed by atoms with Gasteiger partial charge >= 0.3 is 6.09 Å². The lowest BCUT2D eigenvalue weighted by atomic mass is 9.70. The van der Waals surface area contributed by atoms with Gasteiger partial charge in [0.1, 0.15) is 6.10 Å². The van der Waals surface area contributed by atoms with Crippen LogP contribution in [0.4, 0.5) is 4.79 Å². The minimum absolute atomic E-state index is 0.123. The van der Waals surface area contributed by atoms with E-state index in [-0.39, 0.29) is 18.1 Å². The molecule has 1 amide bonds. The number of rotatable bonds is 6. The first-order valence-electron chi connectivity index (χ1n) is 10.1. The molecule has 5 nitrogen and oxygen atoms in total. The maximum Gasteiger partial charge on any atom is 0.407 e. The van der Waals surface area contributed by atoms with Gasteiger partial charge in [-0.1, -0.05) is 48.6 Å². The van der Waals surface area contributed by atoms with E-state index in [0.717, 1.165) is 30.8 Å². The van der Waals surface area contributed by atoms with Crippen LogP contribution in [0.1, 0.15) is 35.4 Å². The van der Waals surface area contributed by atoms with Crippen molar-refractivity contribution < 1.29 is 19.0 Å². The molecule has 5 heteroatoms. The Labute approximate surface area is 171 Å². The molecule has 0 bridgehead atoms. The zero-order chi connectivity index (χ0) is 20.2. The van der Waals surface area contributed by atoms with Gasteiger partial charge in [-0.2, -0.15) is 0 Å². The zero-order valence-electron chi connectivity index (χ0n) is 16.9. The Kier molecular flexibility index (Phi) is 5.74. The number of nitrogens with one attached hydrogen (secondary N) is 1. The van der Waals surface area contributed by atoms with Crippen molar-refractivity contribution in [2.45, 2.75) is 31.3 Å². The molecular formula is C24H27NO4. The number of cyclic esters (lactones) is 1. The molecule has 1 heterocycles. The fourth-order valence-electron chi connectivity index (χ4n) is 4.66. The standard InChI is InChI=1S/C24H27NO4/c1-27-20-14-13-18-19(23(20)28-2)12-11-17(22(18)21-15-25-24(26)29-21)10-6-9-16-7-4-3-5-8-16/h3-9,13-14,17,21-22H,10-12,15H2,1-2H3,(H,25,26). The van der Waals surface area contributed by atoms with Crippen LogP contribution in [0.5, 0.6) is 11.5 Å².